The largest absolute Gasteiger partial charge is 0.0779 e. The Morgan fingerprint density at radius 2 is 2.20 bits per heavy atom. The van der Waals surface area contributed by atoms with Crippen LogP contribution in [0.4, 0.5) is 0 Å². The van der Waals surface area contributed by atoms with Gasteiger partial charge < -0.3 is 0 Å². The van der Waals surface area contributed by atoms with Gasteiger partial charge in [-0.05, 0) is 37.2 Å². The average molecular weight is 137 g/mol. The first-order chi connectivity index (χ1) is 4.86. The Labute approximate surface area is 64.3 Å². The summed E-state index contributed by atoms with van der Waals surface area (Å²) in [5, 5.41) is 0. The Kier molecular flexibility index (Phi) is 2.98. The van der Waals surface area contributed by atoms with Crippen molar-refractivity contribution in [3.63, 3.8) is 0 Å². The van der Waals surface area contributed by atoms with E-state index in [1.54, 1.807) is 0 Å². The molecule has 1 radical (unpaired) electrons. The second kappa shape index (κ2) is 3.80. The maximum absolute atomic E-state index is 3.36. The predicted octanol–water partition coefficient (Wildman–Crippen LogP) is 3.19. The third kappa shape index (κ3) is 1.86. The van der Waals surface area contributed by atoms with Crippen LogP contribution in [0.1, 0.15) is 39.5 Å². The molecule has 0 heterocycles. The summed E-state index contributed by atoms with van der Waals surface area (Å²) in [6.07, 6.45) is 10.9. The van der Waals surface area contributed by atoms with Gasteiger partial charge in [-0.1, -0.05) is 26.3 Å². The number of hydrogen-bond donors (Lipinski definition) is 0. The minimum absolute atomic E-state index is 0.832. The highest BCUT2D eigenvalue weighted by Gasteiger charge is 2.14. The van der Waals surface area contributed by atoms with Gasteiger partial charge in [0.25, 0.3) is 0 Å². The molecular weight excluding hydrogens is 120 g/mol. The lowest BCUT2D eigenvalue weighted by atomic mass is 9.84. The summed E-state index contributed by atoms with van der Waals surface area (Å²) >= 11 is 0. The molecule has 0 fully saturated rings. The van der Waals surface area contributed by atoms with Crippen molar-refractivity contribution in [3.8, 4) is 0 Å². The van der Waals surface area contributed by atoms with Crippen LogP contribution in [0.3, 0.4) is 0 Å². The van der Waals surface area contributed by atoms with Crippen molar-refractivity contribution >= 4 is 0 Å². The fourth-order valence-corrected chi connectivity index (χ4v) is 1.58. The number of hydrogen-bond acceptors (Lipinski definition) is 0. The quantitative estimate of drug-likeness (QED) is 0.548. The summed E-state index contributed by atoms with van der Waals surface area (Å²) in [6.45, 7) is 4.55. The summed E-state index contributed by atoms with van der Waals surface area (Å²) in [5.74, 6) is 1.76. The van der Waals surface area contributed by atoms with E-state index in [0.29, 0.717) is 0 Å². The van der Waals surface area contributed by atoms with Gasteiger partial charge in [0.2, 0.25) is 0 Å². The van der Waals surface area contributed by atoms with E-state index in [0.717, 1.165) is 11.8 Å². The van der Waals surface area contributed by atoms with Crippen LogP contribution in [0.25, 0.3) is 0 Å². The third-order valence-electron chi connectivity index (χ3n) is 2.50. The smallest absolute Gasteiger partial charge is 0.0227 e. The van der Waals surface area contributed by atoms with Gasteiger partial charge in [0.15, 0.2) is 0 Å². The maximum Gasteiger partial charge on any atom is -0.0227 e. The van der Waals surface area contributed by atoms with E-state index in [4.69, 9.17) is 0 Å². The molecule has 0 saturated carbocycles. The van der Waals surface area contributed by atoms with Crippen molar-refractivity contribution in [1.82, 2.24) is 0 Å². The van der Waals surface area contributed by atoms with E-state index in [-0.39, 0.29) is 0 Å². The van der Waals surface area contributed by atoms with Gasteiger partial charge in [-0.2, -0.15) is 0 Å². The molecule has 0 aromatic carbocycles. The molecule has 0 N–H and O–H groups in total. The lowest BCUT2D eigenvalue weighted by Gasteiger charge is -2.21. The van der Waals surface area contributed by atoms with Crippen LogP contribution in [-0.4, -0.2) is 0 Å². The molecule has 0 nitrogen and oxygen atoms in total. The molecule has 1 rings (SSSR count). The lowest BCUT2D eigenvalue weighted by Crippen LogP contribution is -2.09. The molecule has 1 aliphatic rings. The van der Waals surface area contributed by atoms with Gasteiger partial charge in [-0.15, -0.1) is 0 Å². The number of allylic oxidation sites excluding steroid dienone is 2. The Hall–Kier alpha value is -0.260. The second-order valence-electron chi connectivity index (χ2n) is 3.25. The predicted molar refractivity (Wildman–Crippen MR) is 44.6 cm³/mol. The molecule has 0 bridgehead atoms. The number of rotatable bonds is 2. The van der Waals surface area contributed by atoms with Crippen LogP contribution >= 0.6 is 0 Å². The van der Waals surface area contributed by atoms with Crippen molar-refractivity contribution in [2.45, 2.75) is 39.5 Å². The molecule has 1 aliphatic carbocycles. The van der Waals surface area contributed by atoms with Gasteiger partial charge in [0, 0.05) is 0 Å². The van der Waals surface area contributed by atoms with E-state index >= 15 is 0 Å². The van der Waals surface area contributed by atoms with Crippen LogP contribution < -0.4 is 0 Å². The molecule has 0 heteroatoms. The molecule has 10 heavy (non-hydrogen) atoms. The minimum atomic E-state index is 0.832. The van der Waals surface area contributed by atoms with Crippen molar-refractivity contribution in [1.29, 1.82) is 0 Å². The highest BCUT2D eigenvalue weighted by molar-refractivity contribution is 4.89. The molecule has 0 saturated heterocycles. The molecular formula is C10H17. The van der Waals surface area contributed by atoms with Crippen LogP contribution in [0.15, 0.2) is 6.08 Å². The molecule has 57 valence electrons. The Morgan fingerprint density at radius 3 is 2.80 bits per heavy atom. The highest BCUT2D eigenvalue weighted by Crippen LogP contribution is 2.26. The molecule has 2 unspecified atom stereocenters. The van der Waals surface area contributed by atoms with E-state index in [1.165, 1.54) is 25.7 Å². The first-order valence-electron chi connectivity index (χ1n) is 4.43. The zero-order valence-corrected chi connectivity index (χ0v) is 7.06. The normalized spacial score (nSPS) is 32.6. The summed E-state index contributed by atoms with van der Waals surface area (Å²) in [4.78, 5) is 0. The standard InChI is InChI=1S/C10H17/c1-3-9-6-5-7-10(4-2)8-9/h6,9-10H,3-4,7-8H2,1-2H3. The van der Waals surface area contributed by atoms with Crippen LogP contribution in [-0.2, 0) is 0 Å². The van der Waals surface area contributed by atoms with Gasteiger partial charge in [0.05, 0.1) is 0 Å². The van der Waals surface area contributed by atoms with Crippen molar-refractivity contribution in [3.05, 3.63) is 12.2 Å². The van der Waals surface area contributed by atoms with E-state index in [2.05, 4.69) is 26.0 Å². The Morgan fingerprint density at radius 1 is 1.40 bits per heavy atom. The van der Waals surface area contributed by atoms with Crippen molar-refractivity contribution < 1.29 is 0 Å². The van der Waals surface area contributed by atoms with Gasteiger partial charge >= 0.3 is 0 Å². The summed E-state index contributed by atoms with van der Waals surface area (Å²) in [6, 6.07) is 0. The molecule has 0 aromatic rings. The maximum atomic E-state index is 3.36. The fourth-order valence-electron chi connectivity index (χ4n) is 1.58. The molecule has 0 aliphatic heterocycles. The Bertz CT molecular complexity index is 113. The lowest BCUT2D eigenvalue weighted by molar-refractivity contribution is 0.376. The summed E-state index contributed by atoms with van der Waals surface area (Å²) in [7, 11) is 0. The highest BCUT2D eigenvalue weighted by atomic mass is 14.2. The van der Waals surface area contributed by atoms with Gasteiger partial charge in [0.1, 0.15) is 0 Å². The Balaban J connectivity index is 2.38. The molecule has 2 atom stereocenters. The monoisotopic (exact) mass is 137 g/mol. The molecule has 0 spiro atoms. The summed E-state index contributed by atoms with van der Waals surface area (Å²) in [5.41, 5.74) is 0. The average Bonchev–Trinajstić information content (AvgIpc) is 2.05. The molecule has 0 aromatic heterocycles. The SMILES string of the molecule is CCC1C=[C]CC(CC)C1. The fraction of sp³-hybridized carbons (Fsp3) is 0.800. The zero-order valence-electron chi connectivity index (χ0n) is 7.06. The van der Waals surface area contributed by atoms with Gasteiger partial charge in [-0.3, -0.25) is 0 Å². The van der Waals surface area contributed by atoms with Crippen LogP contribution in [0.2, 0.25) is 0 Å². The zero-order chi connectivity index (χ0) is 7.40. The first kappa shape index (κ1) is 7.84. The van der Waals surface area contributed by atoms with Crippen LogP contribution in [0, 0.1) is 17.9 Å². The second-order valence-corrected chi connectivity index (χ2v) is 3.25. The van der Waals surface area contributed by atoms with E-state index in [9.17, 15) is 0 Å². The van der Waals surface area contributed by atoms with Crippen LogP contribution in [0.5, 0.6) is 0 Å². The van der Waals surface area contributed by atoms with Crippen molar-refractivity contribution in [2.24, 2.45) is 11.8 Å². The summed E-state index contributed by atoms with van der Waals surface area (Å²) < 4.78 is 0. The minimum Gasteiger partial charge on any atom is -0.0779 e. The van der Waals surface area contributed by atoms with E-state index in [1.807, 2.05) is 0 Å². The van der Waals surface area contributed by atoms with Crippen molar-refractivity contribution in [2.75, 3.05) is 0 Å². The van der Waals surface area contributed by atoms with Gasteiger partial charge in [-0.25, -0.2) is 0 Å². The topological polar surface area (TPSA) is 0 Å². The van der Waals surface area contributed by atoms with E-state index < -0.39 is 0 Å². The molecule has 0 amide bonds. The first-order valence-corrected chi connectivity index (χ1v) is 4.43. The third-order valence-corrected chi connectivity index (χ3v) is 2.50.